The molecule has 0 spiro atoms. The van der Waals surface area contributed by atoms with Crippen LogP contribution in [0.4, 0.5) is 5.69 Å². The number of aromatic nitrogens is 2. The number of nitrogens with zero attached hydrogens (tertiary/aromatic N) is 2. The number of hydrogen-bond acceptors (Lipinski definition) is 3. The van der Waals surface area contributed by atoms with Crippen molar-refractivity contribution in [2.24, 2.45) is 0 Å². The van der Waals surface area contributed by atoms with Crippen molar-refractivity contribution in [2.45, 2.75) is 13.3 Å². The quantitative estimate of drug-likeness (QED) is 0.544. The highest BCUT2D eigenvalue weighted by atomic mass is 35.5. The van der Waals surface area contributed by atoms with Gasteiger partial charge in [-0.3, -0.25) is 14.2 Å². The van der Waals surface area contributed by atoms with E-state index in [1.54, 1.807) is 54.0 Å². The smallest absolute Gasteiger partial charge is 0.265 e. The molecular weight excluding hydrogens is 386 g/mol. The Morgan fingerprint density at radius 2 is 1.69 bits per heavy atom. The molecule has 3 aromatic carbocycles. The van der Waals surface area contributed by atoms with Crippen LogP contribution in [-0.4, -0.2) is 15.5 Å². The number of fused-ring (bicyclic) bond motifs is 1. The largest absolute Gasteiger partial charge is 0.326 e. The summed E-state index contributed by atoms with van der Waals surface area (Å²) in [5.41, 5.74) is 2.80. The fourth-order valence-electron chi connectivity index (χ4n) is 3.23. The molecule has 0 saturated carbocycles. The van der Waals surface area contributed by atoms with Crippen molar-refractivity contribution in [2.75, 3.05) is 5.32 Å². The molecular formula is C23H18ClN3O2. The number of halogens is 1. The molecule has 0 atom stereocenters. The number of carbonyl (C=O) groups excluding carboxylic acids is 1. The first-order valence-corrected chi connectivity index (χ1v) is 9.52. The lowest BCUT2D eigenvalue weighted by atomic mass is 10.1. The van der Waals surface area contributed by atoms with Crippen molar-refractivity contribution in [1.82, 2.24) is 9.55 Å². The van der Waals surface area contributed by atoms with Gasteiger partial charge in [0.25, 0.3) is 5.56 Å². The number of anilines is 1. The number of amides is 1. The number of nitrogens with one attached hydrogen (secondary N) is 1. The highest BCUT2D eigenvalue weighted by molar-refractivity contribution is 6.30. The Labute approximate surface area is 172 Å². The molecule has 0 aliphatic heterocycles. The molecule has 0 bridgehead atoms. The Balaban J connectivity index is 1.55. The van der Waals surface area contributed by atoms with Crippen LogP contribution < -0.4 is 10.9 Å². The number of para-hydroxylation sites is 1. The standard InChI is InChI=1S/C23H18ClN3O2/c1-15-25-21-5-3-2-4-20(21)23(29)27(15)19-12-10-18(11-13-19)26-22(28)14-16-6-8-17(24)9-7-16/h2-13H,14H2,1H3,(H,26,28). The van der Waals surface area contributed by atoms with Gasteiger partial charge in [0.05, 0.1) is 23.0 Å². The molecule has 6 heteroatoms. The molecule has 4 rings (SSSR count). The molecule has 1 amide bonds. The molecule has 29 heavy (non-hydrogen) atoms. The van der Waals surface area contributed by atoms with Gasteiger partial charge in [-0.1, -0.05) is 35.9 Å². The molecule has 0 saturated heterocycles. The van der Waals surface area contributed by atoms with Gasteiger partial charge in [0.15, 0.2) is 0 Å². The second kappa shape index (κ2) is 7.89. The molecule has 0 unspecified atom stereocenters. The third-order valence-corrected chi connectivity index (χ3v) is 4.88. The van der Waals surface area contributed by atoms with Gasteiger partial charge in [0.1, 0.15) is 5.82 Å². The molecule has 5 nitrogen and oxygen atoms in total. The minimum atomic E-state index is -0.124. The van der Waals surface area contributed by atoms with Crippen LogP contribution in [0.3, 0.4) is 0 Å². The summed E-state index contributed by atoms with van der Waals surface area (Å²) in [6.07, 6.45) is 0.256. The molecule has 0 fully saturated rings. The summed E-state index contributed by atoms with van der Waals surface area (Å²) in [5, 5.41) is 4.07. The van der Waals surface area contributed by atoms with Gasteiger partial charge in [-0.2, -0.15) is 0 Å². The van der Waals surface area contributed by atoms with E-state index >= 15 is 0 Å². The Kier molecular flexibility index (Phi) is 5.14. The average molecular weight is 404 g/mol. The maximum absolute atomic E-state index is 12.9. The van der Waals surface area contributed by atoms with Gasteiger partial charge in [0, 0.05) is 10.7 Å². The lowest BCUT2D eigenvalue weighted by molar-refractivity contribution is -0.115. The molecule has 0 radical (unpaired) electrons. The molecule has 4 aromatic rings. The lowest BCUT2D eigenvalue weighted by Gasteiger charge is -2.12. The van der Waals surface area contributed by atoms with Crippen LogP contribution >= 0.6 is 11.6 Å². The molecule has 1 heterocycles. The van der Waals surface area contributed by atoms with Crippen LogP contribution in [0, 0.1) is 6.92 Å². The van der Waals surface area contributed by atoms with E-state index in [2.05, 4.69) is 10.3 Å². The number of benzene rings is 3. The summed E-state index contributed by atoms with van der Waals surface area (Å²) in [4.78, 5) is 29.7. The van der Waals surface area contributed by atoms with E-state index < -0.39 is 0 Å². The van der Waals surface area contributed by atoms with Gasteiger partial charge in [-0.15, -0.1) is 0 Å². The summed E-state index contributed by atoms with van der Waals surface area (Å²) in [6.45, 7) is 1.80. The SMILES string of the molecule is Cc1nc2ccccc2c(=O)n1-c1ccc(NC(=O)Cc2ccc(Cl)cc2)cc1. The monoisotopic (exact) mass is 403 g/mol. The highest BCUT2D eigenvalue weighted by Crippen LogP contribution is 2.16. The maximum atomic E-state index is 12.9. The van der Waals surface area contributed by atoms with Crippen LogP contribution in [0.25, 0.3) is 16.6 Å². The van der Waals surface area contributed by atoms with Crippen molar-refractivity contribution in [1.29, 1.82) is 0 Å². The first kappa shape index (κ1) is 18.9. The first-order valence-electron chi connectivity index (χ1n) is 9.14. The van der Waals surface area contributed by atoms with Crippen molar-refractivity contribution in [3.8, 4) is 5.69 Å². The van der Waals surface area contributed by atoms with Crippen molar-refractivity contribution >= 4 is 34.1 Å². The van der Waals surface area contributed by atoms with Crippen molar-refractivity contribution in [3.05, 3.63) is 99.6 Å². The van der Waals surface area contributed by atoms with Crippen LogP contribution in [0.1, 0.15) is 11.4 Å². The van der Waals surface area contributed by atoms with E-state index in [0.29, 0.717) is 33.1 Å². The minimum absolute atomic E-state index is 0.118. The van der Waals surface area contributed by atoms with Gasteiger partial charge in [-0.25, -0.2) is 4.98 Å². The second-order valence-corrected chi connectivity index (χ2v) is 7.15. The van der Waals surface area contributed by atoms with Crippen molar-refractivity contribution < 1.29 is 4.79 Å². The molecule has 1 aromatic heterocycles. The van der Waals surface area contributed by atoms with Crippen LogP contribution in [0.2, 0.25) is 5.02 Å². The maximum Gasteiger partial charge on any atom is 0.265 e. The van der Waals surface area contributed by atoms with Crippen LogP contribution in [0.15, 0.2) is 77.6 Å². The normalized spacial score (nSPS) is 10.8. The van der Waals surface area contributed by atoms with Gasteiger partial charge in [-0.05, 0) is 61.0 Å². The Morgan fingerprint density at radius 1 is 1.00 bits per heavy atom. The van der Waals surface area contributed by atoms with E-state index in [4.69, 9.17) is 11.6 Å². The lowest BCUT2D eigenvalue weighted by Crippen LogP contribution is -2.22. The van der Waals surface area contributed by atoms with Crippen molar-refractivity contribution in [3.63, 3.8) is 0 Å². The zero-order chi connectivity index (χ0) is 20.4. The Hall–Kier alpha value is -3.44. The first-order chi connectivity index (χ1) is 14.0. The van der Waals surface area contributed by atoms with E-state index in [-0.39, 0.29) is 17.9 Å². The summed E-state index contributed by atoms with van der Waals surface area (Å²) in [6, 6.07) is 21.6. The number of aryl methyl sites for hydroxylation is 1. The van der Waals surface area contributed by atoms with Gasteiger partial charge >= 0.3 is 0 Å². The summed E-state index contributed by atoms with van der Waals surface area (Å²) < 4.78 is 1.57. The summed E-state index contributed by atoms with van der Waals surface area (Å²) >= 11 is 5.87. The molecule has 144 valence electrons. The zero-order valence-electron chi connectivity index (χ0n) is 15.7. The molecule has 0 aliphatic carbocycles. The predicted octanol–water partition coefficient (Wildman–Crippen LogP) is 4.53. The summed E-state index contributed by atoms with van der Waals surface area (Å²) in [7, 11) is 0. The Bertz CT molecular complexity index is 1250. The van der Waals surface area contributed by atoms with E-state index in [1.165, 1.54) is 0 Å². The fraction of sp³-hybridized carbons (Fsp3) is 0.0870. The highest BCUT2D eigenvalue weighted by Gasteiger charge is 2.10. The zero-order valence-corrected chi connectivity index (χ0v) is 16.5. The van der Waals surface area contributed by atoms with Crippen LogP contribution in [0.5, 0.6) is 0 Å². The second-order valence-electron chi connectivity index (χ2n) is 6.72. The van der Waals surface area contributed by atoms with Gasteiger partial charge in [0.2, 0.25) is 5.91 Å². The number of carbonyl (C=O) groups is 1. The van der Waals surface area contributed by atoms with E-state index in [9.17, 15) is 9.59 Å². The third kappa shape index (κ3) is 4.05. The summed E-state index contributed by atoms with van der Waals surface area (Å²) in [5.74, 6) is 0.481. The topological polar surface area (TPSA) is 64.0 Å². The molecule has 1 N–H and O–H groups in total. The average Bonchev–Trinajstić information content (AvgIpc) is 2.71. The van der Waals surface area contributed by atoms with Crippen LogP contribution in [-0.2, 0) is 11.2 Å². The Morgan fingerprint density at radius 3 is 2.41 bits per heavy atom. The third-order valence-electron chi connectivity index (χ3n) is 4.63. The molecule has 0 aliphatic rings. The van der Waals surface area contributed by atoms with E-state index in [0.717, 1.165) is 5.56 Å². The number of hydrogen-bond donors (Lipinski definition) is 1. The minimum Gasteiger partial charge on any atom is -0.326 e. The van der Waals surface area contributed by atoms with Gasteiger partial charge < -0.3 is 5.32 Å². The van der Waals surface area contributed by atoms with E-state index in [1.807, 2.05) is 30.3 Å². The fourth-order valence-corrected chi connectivity index (χ4v) is 3.36. The number of rotatable bonds is 4. The predicted molar refractivity (Wildman–Crippen MR) is 116 cm³/mol.